The summed E-state index contributed by atoms with van der Waals surface area (Å²) in [6.45, 7) is 0. The Bertz CT molecular complexity index is 799. The van der Waals surface area contributed by atoms with Crippen molar-refractivity contribution in [3.8, 4) is 0 Å². The SMILES string of the molecule is O=C(Nc1ccc2nnsc2c1)[C@@H]1C[C@H]1c1ccccc1. The number of nitrogens with one attached hydrogen (secondary N) is 1. The monoisotopic (exact) mass is 295 g/mol. The molecule has 21 heavy (non-hydrogen) atoms. The van der Waals surface area contributed by atoms with Crippen LogP contribution in [-0.2, 0) is 4.79 Å². The Morgan fingerprint density at radius 2 is 2.05 bits per heavy atom. The van der Waals surface area contributed by atoms with Crippen LogP contribution in [0.15, 0.2) is 48.5 Å². The highest BCUT2D eigenvalue weighted by molar-refractivity contribution is 7.12. The number of rotatable bonds is 3. The number of hydrogen-bond donors (Lipinski definition) is 1. The van der Waals surface area contributed by atoms with Gasteiger partial charge in [-0.25, -0.2) is 0 Å². The summed E-state index contributed by atoms with van der Waals surface area (Å²) >= 11 is 1.34. The second-order valence-corrected chi connectivity index (χ2v) is 6.09. The predicted octanol–water partition coefficient (Wildman–Crippen LogP) is 3.43. The molecule has 4 rings (SSSR count). The number of carbonyl (C=O) groups is 1. The largest absolute Gasteiger partial charge is 0.326 e. The highest BCUT2D eigenvalue weighted by Crippen LogP contribution is 2.47. The van der Waals surface area contributed by atoms with Crippen LogP contribution < -0.4 is 5.32 Å². The quantitative estimate of drug-likeness (QED) is 0.805. The lowest BCUT2D eigenvalue weighted by atomic mass is 10.1. The van der Waals surface area contributed by atoms with Crippen LogP contribution in [0.5, 0.6) is 0 Å². The summed E-state index contributed by atoms with van der Waals surface area (Å²) in [5.74, 6) is 0.545. The van der Waals surface area contributed by atoms with Crippen LogP contribution in [0.25, 0.3) is 10.2 Å². The van der Waals surface area contributed by atoms with Crippen molar-refractivity contribution in [2.45, 2.75) is 12.3 Å². The highest BCUT2D eigenvalue weighted by atomic mass is 32.1. The van der Waals surface area contributed by atoms with Gasteiger partial charge < -0.3 is 5.32 Å². The third kappa shape index (κ3) is 2.40. The molecule has 0 bridgehead atoms. The summed E-state index contributed by atoms with van der Waals surface area (Å²) in [6.07, 6.45) is 0.931. The van der Waals surface area contributed by atoms with Gasteiger partial charge in [0.05, 0.1) is 4.70 Å². The van der Waals surface area contributed by atoms with Crippen molar-refractivity contribution in [3.63, 3.8) is 0 Å². The summed E-state index contributed by atoms with van der Waals surface area (Å²) in [5, 5.41) is 6.99. The molecule has 1 saturated carbocycles. The number of fused-ring (bicyclic) bond motifs is 1. The van der Waals surface area contributed by atoms with E-state index >= 15 is 0 Å². The topological polar surface area (TPSA) is 54.9 Å². The van der Waals surface area contributed by atoms with Gasteiger partial charge >= 0.3 is 0 Å². The summed E-state index contributed by atoms with van der Waals surface area (Å²) in [5.41, 5.74) is 2.93. The van der Waals surface area contributed by atoms with Crippen LogP contribution in [-0.4, -0.2) is 15.5 Å². The van der Waals surface area contributed by atoms with Gasteiger partial charge in [-0.05, 0) is 47.6 Å². The minimum atomic E-state index is 0.0858. The van der Waals surface area contributed by atoms with Crippen LogP contribution in [0.2, 0.25) is 0 Å². The van der Waals surface area contributed by atoms with E-state index in [-0.39, 0.29) is 11.8 Å². The number of nitrogens with zero attached hydrogens (tertiary/aromatic N) is 2. The van der Waals surface area contributed by atoms with Gasteiger partial charge in [0.1, 0.15) is 5.52 Å². The molecule has 1 amide bonds. The van der Waals surface area contributed by atoms with E-state index in [0.29, 0.717) is 5.92 Å². The first-order chi connectivity index (χ1) is 10.3. The van der Waals surface area contributed by atoms with Crippen molar-refractivity contribution in [1.82, 2.24) is 9.59 Å². The van der Waals surface area contributed by atoms with Gasteiger partial charge in [0.15, 0.2) is 0 Å². The van der Waals surface area contributed by atoms with E-state index in [2.05, 4.69) is 27.0 Å². The molecular weight excluding hydrogens is 282 g/mol. The highest BCUT2D eigenvalue weighted by Gasteiger charge is 2.43. The Morgan fingerprint density at radius 3 is 2.90 bits per heavy atom. The lowest BCUT2D eigenvalue weighted by Crippen LogP contribution is -2.14. The number of anilines is 1. The third-order valence-corrected chi connectivity index (χ3v) is 4.56. The molecule has 1 aliphatic carbocycles. The Morgan fingerprint density at radius 1 is 1.19 bits per heavy atom. The average molecular weight is 295 g/mol. The molecule has 1 aromatic heterocycles. The van der Waals surface area contributed by atoms with Gasteiger partial charge in [0.2, 0.25) is 5.91 Å². The fraction of sp³-hybridized carbons (Fsp3) is 0.188. The molecule has 0 radical (unpaired) electrons. The first-order valence-electron chi connectivity index (χ1n) is 6.89. The smallest absolute Gasteiger partial charge is 0.228 e. The maximum Gasteiger partial charge on any atom is 0.228 e. The zero-order chi connectivity index (χ0) is 14.2. The van der Waals surface area contributed by atoms with E-state index in [4.69, 9.17) is 0 Å². The molecule has 2 atom stereocenters. The molecule has 104 valence electrons. The van der Waals surface area contributed by atoms with Crippen LogP contribution in [0, 0.1) is 5.92 Å². The average Bonchev–Trinajstić information content (AvgIpc) is 3.19. The van der Waals surface area contributed by atoms with Crippen molar-refractivity contribution in [2.75, 3.05) is 5.32 Å². The minimum absolute atomic E-state index is 0.0858. The van der Waals surface area contributed by atoms with E-state index in [0.717, 1.165) is 22.3 Å². The molecule has 2 aromatic carbocycles. The maximum absolute atomic E-state index is 12.3. The molecule has 0 unspecified atom stereocenters. The Hall–Kier alpha value is -2.27. The zero-order valence-electron chi connectivity index (χ0n) is 11.2. The molecular formula is C16H13N3OS. The van der Waals surface area contributed by atoms with Crippen molar-refractivity contribution in [2.24, 2.45) is 5.92 Å². The van der Waals surface area contributed by atoms with E-state index in [1.807, 2.05) is 36.4 Å². The van der Waals surface area contributed by atoms with E-state index in [9.17, 15) is 4.79 Å². The lowest BCUT2D eigenvalue weighted by Gasteiger charge is -2.05. The molecule has 1 aliphatic rings. The number of aromatic nitrogens is 2. The van der Waals surface area contributed by atoms with Crippen molar-refractivity contribution in [3.05, 3.63) is 54.1 Å². The molecule has 1 fully saturated rings. The van der Waals surface area contributed by atoms with Crippen LogP contribution in [0.3, 0.4) is 0 Å². The summed E-state index contributed by atoms with van der Waals surface area (Å²) in [4.78, 5) is 12.3. The van der Waals surface area contributed by atoms with Gasteiger partial charge in [0, 0.05) is 11.6 Å². The van der Waals surface area contributed by atoms with Gasteiger partial charge in [-0.2, -0.15) is 0 Å². The van der Waals surface area contributed by atoms with E-state index < -0.39 is 0 Å². The minimum Gasteiger partial charge on any atom is -0.326 e. The fourth-order valence-corrected chi connectivity index (χ4v) is 3.24. The number of benzene rings is 2. The van der Waals surface area contributed by atoms with Gasteiger partial charge in [-0.15, -0.1) is 5.10 Å². The maximum atomic E-state index is 12.3. The standard InChI is InChI=1S/C16H13N3OS/c20-16(13-9-12(13)10-4-2-1-3-5-10)17-11-6-7-14-15(8-11)21-19-18-14/h1-8,12-13H,9H2,(H,17,20)/t12-,13+/m0/s1. The summed E-state index contributed by atoms with van der Waals surface area (Å²) < 4.78 is 4.89. The van der Waals surface area contributed by atoms with E-state index in [1.54, 1.807) is 0 Å². The number of hydrogen-bond acceptors (Lipinski definition) is 4. The normalized spacial score (nSPS) is 20.4. The molecule has 4 nitrogen and oxygen atoms in total. The third-order valence-electron chi connectivity index (χ3n) is 3.87. The Labute approximate surface area is 126 Å². The Balaban J connectivity index is 1.47. The molecule has 0 aliphatic heterocycles. The lowest BCUT2D eigenvalue weighted by molar-refractivity contribution is -0.117. The van der Waals surface area contributed by atoms with Crippen LogP contribution in [0.4, 0.5) is 5.69 Å². The summed E-state index contributed by atoms with van der Waals surface area (Å²) in [7, 11) is 0. The molecule has 0 spiro atoms. The molecule has 1 heterocycles. The zero-order valence-corrected chi connectivity index (χ0v) is 12.0. The number of amides is 1. The van der Waals surface area contributed by atoms with Crippen LogP contribution >= 0.6 is 11.5 Å². The van der Waals surface area contributed by atoms with E-state index in [1.165, 1.54) is 17.1 Å². The van der Waals surface area contributed by atoms with Crippen molar-refractivity contribution in [1.29, 1.82) is 0 Å². The van der Waals surface area contributed by atoms with Crippen molar-refractivity contribution >= 4 is 33.3 Å². The van der Waals surface area contributed by atoms with Crippen molar-refractivity contribution < 1.29 is 4.79 Å². The second kappa shape index (κ2) is 4.93. The van der Waals surface area contributed by atoms with Crippen LogP contribution in [0.1, 0.15) is 17.9 Å². The van der Waals surface area contributed by atoms with Gasteiger partial charge in [0.25, 0.3) is 0 Å². The first-order valence-corrected chi connectivity index (χ1v) is 7.66. The predicted molar refractivity (Wildman–Crippen MR) is 83.3 cm³/mol. The fourth-order valence-electron chi connectivity index (χ4n) is 2.64. The Kier molecular flexibility index (Phi) is 2.93. The molecule has 5 heteroatoms. The molecule has 3 aromatic rings. The second-order valence-electron chi connectivity index (χ2n) is 5.30. The number of carbonyl (C=O) groups excluding carboxylic acids is 1. The first kappa shape index (κ1) is 12.5. The van der Waals surface area contributed by atoms with Gasteiger partial charge in [-0.3, -0.25) is 4.79 Å². The molecule has 0 saturated heterocycles. The van der Waals surface area contributed by atoms with Gasteiger partial charge in [-0.1, -0.05) is 34.8 Å². The molecule has 1 N–H and O–H groups in total. The summed E-state index contributed by atoms with van der Waals surface area (Å²) in [6, 6.07) is 15.9.